The smallest absolute Gasteiger partial charge is 0.124 e. The second kappa shape index (κ2) is 5.16. The number of rotatable bonds is 3. The molecule has 0 amide bonds. The molecule has 2 rings (SSSR count). The molecule has 0 aliphatic carbocycles. The van der Waals surface area contributed by atoms with Crippen molar-refractivity contribution in [2.24, 2.45) is 0 Å². The Kier molecular flexibility index (Phi) is 3.78. The van der Waals surface area contributed by atoms with Crippen molar-refractivity contribution in [1.82, 2.24) is 4.98 Å². The quantitative estimate of drug-likeness (QED) is 0.942. The van der Waals surface area contributed by atoms with Crippen molar-refractivity contribution in [2.75, 3.05) is 0 Å². The Balaban J connectivity index is 2.27. The third-order valence-electron chi connectivity index (χ3n) is 2.75. The number of hydrogen-bond acceptors (Lipinski definition) is 2. The van der Waals surface area contributed by atoms with E-state index in [1.165, 1.54) is 12.1 Å². The van der Waals surface area contributed by atoms with Gasteiger partial charge >= 0.3 is 0 Å². The van der Waals surface area contributed by atoms with E-state index >= 15 is 0 Å². The van der Waals surface area contributed by atoms with E-state index in [9.17, 15) is 9.50 Å². The summed E-state index contributed by atoms with van der Waals surface area (Å²) >= 11 is 3.24. The molecule has 1 N–H and O–H groups in total. The van der Waals surface area contributed by atoms with Crippen LogP contribution in [0.1, 0.15) is 18.1 Å². The van der Waals surface area contributed by atoms with Crippen molar-refractivity contribution in [1.29, 1.82) is 0 Å². The van der Waals surface area contributed by atoms with Crippen LogP contribution in [0.25, 0.3) is 0 Å². The Labute approximate surface area is 114 Å². The van der Waals surface area contributed by atoms with E-state index in [-0.39, 0.29) is 5.82 Å². The molecule has 18 heavy (non-hydrogen) atoms. The maximum Gasteiger partial charge on any atom is 0.124 e. The van der Waals surface area contributed by atoms with Gasteiger partial charge in [0.1, 0.15) is 5.82 Å². The van der Waals surface area contributed by atoms with Crippen LogP contribution < -0.4 is 0 Å². The van der Waals surface area contributed by atoms with Gasteiger partial charge in [-0.15, -0.1) is 0 Å². The zero-order valence-electron chi connectivity index (χ0n) is 9.90. The fraction of sp³-hybridized carbons (Fsp3) is 0.214. The number of pyridine rings is 1. The van der Waals surface area contributed by atoms with Crippen LogP contribution >= 0.6 is 15.9 Å². The first-order chi connectivity index (χ1) is 8.47. The van der Waals surface area contributed by atoms with Gasteiger partial charge in [0.2, 0.25) is 0 Å². The number of aliphatic hydroxyl groups is 1. The van der Waals surface area contributed by atoms with Crippen LogP contribution in [0.15, 0.2) is 47.2 Å². The second-order valence-corrected chi connectivity index (χ2v) is 5.39. The lowest BCUT2D eigenvalue weighted by Crippen LogP contribution is -2.24. The van der Waals surface area contributed by atoms with Crippen molar-refractivity contribution in [2.45, 2.75) is 18.9 Å². The highest BCUT2D eigenvalue weighted by Crippen LogP contribution is 2.26. The topological polar surface area (TPSA) is 33.1 Å². The summed E-state index contributed by atoms with van der Waals surface area (Å²) in [5.74, 6) is -0.318. The van der Waals surface area contributed by atoms with Crippen molar-refractivity contribution in [3.8, 4) is 0 Å². The fourth-order valence-corrected chi connectivity index (χ4v) is 2.41. The summed E-state index contributed by atoms with van der Waals surface area (Å²) in [6.45, 7) is 1.70. The Bertz CT molecular complexity index is 522. The molecule has 94 valence electrons. The molecule has 0 aliphatic rings. The maximum absolute atomic E-state index is 13.3. The van der Waals surface area contributed by atoms with Crippen molar-refractivity contribution in [3.63, 3.8) is 0 Å². The predicted octanol–water partition coefficient (Wildman–Crippen LogP) is 3.43. The van der Waals surface area contributed by atoms with Crippen molar-refractivity contribution in [3.05, 3.63) is 64.1 Å². The number of benzene rings is 1. The molecular weight excluding hydrogens is 297 g/mol. The third kappa shape index (κ3) is 3.15. The van der Waals surface area contributed by atoms with Crippen LogP contribution in [-0.4, -0.2) is 10.1 Å². The van der Waals surface area contributed by atoms with Crippen LogP contribution in [0.3, 0.4) is 0 Å². The molecule has 1 unspecified atom stereocenters. The molecule has 0 fully saturated rings. The van der Waals surface area contributed by atoms with Gasteiger partial charge in [-0.3, -0.25) is 4.98 Å². The summed E-state index contributed by atoms with van der Waals surface area (Å²) in [4.78, 5) is 3.98. The molecule has 2 nitrogen and oxygen atoms in total. The van der Waals surface area contributed by atoms with E-state index in [1.807, 2.05) is 0 Å². The minimum atomic E-state index is -1.07. The summed E-state index contributed by atoms with van der Waals surface area (Å²) in [5, 5.41) is 10.4. The van der Waals surface area contributed by atoms with Crippen molar-refractivity contribution >= 4 is 15.9 Å². The Hall–Kier alpha value is -1.26. The Morgan fingerprint density at radius 3 is 2.78 bits per heavy atom. The summed E-state index contributed by atoms with van der Waals surface area (Å²) in [7, 11) is 0. The summed E-state index contributed by atoms with van der Waals surface area (Å²) < 4.78 is 13.9. The first-order valence-corrected chi connectivity index (χ1v) is 6.34. The maximum atomic E-state index is 13.3. The lowest BCUT2D eigenvalue weighted by molar-refractivity contribution is 0.0572. The highest BCUT2D eigenvalue weighted by Gasteiger charge is 2.24. The standard InChI is InChI=1S/C14H13BrFNO/c1-14(18,11-3-2-4-17-9-11)8-10-5-12(15)7-13(16)6-10/h2-7,9,18H,8H2,1H3. The molecule has 0 spiro atoms. The average molecular weight is 310 g/mol. The van der Waals surface area contributed by atoms with E-state index in [4.69, 9.17) is 0 Å². The molecule has 0 bridgehead atoms. The molecule has 1 atom stereocenters. The van der Waals surface area contributed by atoms with Crippen molar-refractivity contribution < 1.29 is 9.50 Å². The van der Waals surface area contributed by atoms with Gasteiger partial charge in [0.25, 0.3) is 0 Å². The van der Waals surface area contributed by atoms with Gasteiger partial charge in [-0.05, 0) is 36.8 Å². The summed E-state index contributed by atoms with van der Waals surface area (Å²) in [6.07, 6.45) is 3.60. The molecule has 0 radical (unpaired) electrons. The van der Waals surface area contributed by atoms with Gasteiger partial charge in [-0.1, -0.05) is 22.0 Å². The minimum Gasteiger partial charge on any atom is -0.385 e. The number of aromatic nitrogens is 1. The van der Waals surface area contributed by atoms with Crippen LogP contribution in [0.2, 0.25) is 0 Å². The SMILES string of the molecule is CC(O)(Cc1cc(F)cc(Br)c1)c1cccnc1. The Morgan fingerprint density at radius 1 is 1.39 bits per heavy atom. The molecule has 0 saturated carbocycles. The molecule has 0 aliphatic heterocycles. The zero-order chi connectivity index (χ0) is 13.2. The zero-order valence-corrected chi connectivity index (χ0v) is 11.5. The Morgan fingerprint density at radius 2 is 2.17 bits per heavy atom. The highest BCUT2D eigenvalue weighted by molar-refractivity contribution is 9.10. The molecule has 2 aromatic rings. The van der Waals surface area contributed by atoms with Gasteiger partial charge in [-0.25, -0.2) is 4.39 Å². The third-order valence-corrected chi connectivity index (χ3v) is 3.21. The number of hydrogen-bond donors (Lipinski definition) is 1. The largest absolute Gasteiger partial charge is 0.385 e. The highest BCUT2D eigenvalue weighted by atomic mass is 79.9. The van der Waals surface area contributed by atoms with E-state index in [1.54, 1.807) is 37.5 Å². The van der Waals surface area contributed by atoms with Crippen LogP contribution in [0, 0.1) is 5.82 Å². The molecule has 4 heteroatoms. The fourth-order valence-electron chi connectivity index (χ4n) is 1.89. The van der Waals surface area contributed by atoms with Gasteiger partial charge in [0.15, 0.2) is 0 Å². The van der Waals surface area contributed by atoms with Gasteiger partial charge < -0.3 is 5.11 Å². The summed E-state index contributed by atoms with van der Waals surface area (Å²) in [6, 6.07) is 8.19. The van der Waals surface area contributed by atoms with Gasteiger partial charge in [0, 0.05) is 28.9 Å². The molecule has 1 aromatic carbocycles. The normalized spacial score (nSPS) is 14.2. The van der Waals surface area contributed by atoms with E-state index in [0.29, 0.717) is 16.5 Å². The molecule has 0 saturated heterocycles. The minimum absolute atomic E-state index is 0.318. The van der Waals surface area contributed by atoms with Crippen LogP contribution in [0.5, 0.6) is 0 Å². The first kappa shape index (κ1) is 13.2. The summed E-state index contributed by atoms with van der Waals surface area (Å²) in [5.41, 5.74) is 0.378. The van der Waals surface area contributed by atoms with Gasteiger partial charge in [0.05, 0.1) is 5.60 Å². The second-order valence-electron chi connectivity index (χ2n) is 4.47. The lowest BCUT2D eigenvalue weighted by Gasteiger charge is -2.23. The molecule has 1 aromatic heterocycles. The van der Waals surface area contributed by atoms with Gasteiger partial charge in [-0.2, -0.15) is 0 Å². The predicted molar refractivity (Wildman–Crippen MR) is 71.6 cm³/mol. The molecular formula is C14H13BrFNO. The van der Waals surface area contributed by atoms with E-state index < -0.39 is 5.60 Å². The number of halogens is 2. The average Bonchev–Trinajstić information content (AvgIpc) is 2.28. The number of nitrogens with zero attached hydrogens (tertiary/aromatic N) is 1. The first-order valence-electron chi connectivity index (χ1n) is 5.55. The van der Waals surface area contributed by atoms with Crippen LogP contribution in [0.4, 0.5) is 4.39 Å². The van der Waals surface area contributed by atoms with E-state index in [2.05, 4.69) is 20.9 Å². The monoisotopic (exact) mass is 309 g/mol. The van der Waals surface area contributed by atoms with Crippen LogP contribution in [-0.2, 0) is 12.0 Å². The lowest BCUT2D eigenvalue weighted by atomic mass is 9.90. The van der Waals surface area contributed by atoms with E-state index in [0.717, 1.165) is 5.56 Å². The molecule has 1 heterocycles.